The lowest BCUT2D eigenvalue weighted by Gasteiger charge is -2.03. The molecule has 0 spiro atoms. The molecule has 0 radical (unpaired) electrons. The van der Waals surface area contributed by atoms with Crippen molar-refractivity contribution in [3.05, 3.63) is 54.7 Å². The first-order valence-corrected chi connectivity index (χ1v) is 6.22. The van der Waals surface area contributed by atoms with Crippen LogP contribution < -0.4 is 0 Å². The Bertz CT molecular complexity index is 905. The second-order valence-corrected chi connectivity index (χ2v) is 4.44. The fraction of sp³-hybridized carbons (Fsp3) is 0. The maximum atomic E-state index is 4.19. The molecule has 5 nitrogen and oxygen atoms in total. The van der Waals surface area contributed by atoms with Gasteiger partial charge in [0.15, 0.2) is 0 Å². The summed E-state index contributed by atoms with van der Waals surface area (Å²) in [6, 6.07) is 16.0. The average Bonchev–Trinajstić information content (AvgIpc) is 2.86. The number of nitrogens with zero attached hydrogens (tertiary/aromatic N) is 5. The van der Waals surface area contributed by atoms with E-state index < -0.39 is 0 Å². The van der Waals surface area contributed by atoms with Gasteiger partial charge in [0.25, 0.3) is 0 Å². The third kappa shape index (κ3) is 1.60. The number of fused-ring (bicyclic) bond motifs is 3. The first-order valence-electron chi connectivity index (χ1n) is 6.22. The molecule has 0 bridgehead atoms. The van der Waals surface area contributed by atoms with Gasteiger partial charge in [0.1, 0.15) is 16.6 Å². The van der Waals surface area contributed by atoms with Crippen LogP contribution in [-0.4, -0.2) is 25.6 Å². The maximum Gasteiger partial charge on any atom is 0.144 e. The third-order valence-corrected chi connectivity index (χ3v) is 3.24. The molecule has 5 heteroatoms. The van der Waals surface area contributed by atoms with Gasteiger partial charge in [-0.15, -0.1) is 15.3 Å². The van der Waals surface area contributed by atoms with Crippen LogP contribution in [0.2, 0.25) is 0 Å². The number of aromatic nitrogens is 5. The van der Waals surface area contributed by atoms with E-state index in [9.17, 15) is 0 Å². The van der Waals surface area contributed by atoms with Crippen LogP contribution in [0.5, 0.6) is 0 Å². The molecule has 0 saturated heterocycles. The van der Waals surface area contributed by atoms with Crippen molar-refractivity contribution >= 4 is 21.9 Å². The summed E-state index contributed by atoms with van der Waals surface area (Å²) < 4.78 is 0. The average molecular weight is 259 g/mol. The lowest BCUT2D eigenvalue weighted by Crippen LogP contribution is -1.84. The van der Waals surface area contributed by atoms with Crippen molar-refractivity contribution < 1.29 is 0 Å². The molecular weight excluding hydrogens is 250 g/mol. The Kier molecular flexibility index (Phi) is 2.35. The van der Waals surface area contributed by atoms with Gasteiger partial charge in [-0.2, -0.15) is 5.10 Å². The highest BCUT2D eigenvalue weighted by Crippen LogP contribution is 2.30. The molecule has 0 N–H and O–H groups in total. The highest BCUT2D eigenvalue weighted by Gasteiger charge is 2.12. The van der Waals surface area contributed by atoms with E-state index in [4.69, 9.17) is 0 Å². The van der Waals surface area contributed by atoms with E-state index in [0.29, 0.717) is 5.52 Å². The SMILES string of the molecule is c1ccc(-c2cc3cccnnc3c3nnnc23)cc1. The van der Waals surface area contributed by atoms with Gasteiger partial charge in [0.05, 0.1) is 0 Å². The Morgan fingerprint density at radius 2 is 1.55 bits per heavy atom. The summed E-state index contributed by atoms with van der Waals surface area (Å²) in [6.07, 6.45) is 1.65. The minimum absolute atomic E-state index is 0.685. The van der Waals surface area contributed by atoms with E-state index in [1.807, 2.05) is 42.5 Å². The molecule has 20 heavy (non-hydrogen) atoms. The quantitative estimate of drug-likeness (QED) is 0.525. The van der Waals surface area contributed by atoms with Gasteiger partial charge in [-0.1, -0.05) is 36.4 Å². The normalized spacial score (nSPS) is 11.0. The summed E-state index contributed by atoms with van der Waals surface area (Å²) in [5, 5.41) is 21.1. The topological polar surface area (TPSA) is 64.5 Å². The molecule has 4 aromatic rings. The van der Waals surface area contributed by atoms with Crippen LogP contribution in [0.25, 0.3) is 33.1 Å². The first kappa shape index (κ1) is 10.9. The van der Waals surface area contributed by atoms with Crippen LogP contribution in [-0.2, 0) is 0 Å². The standard InChI is InChI=1S/C15H9N5/c1-2-5-10(6-3-1)12-9-11-7-4-8-16-17-13(11)15-14(12)18-20-19-15/h1-9H. The summed E-state index contributed by atoms with van der Waals surface area (Å²) in [6.45, 7) is 0. The Morgan fingerprint density at radius 1 is 0.700 bits per heavy atom. The van der Waals surface area contributed by atoms with Crippen molar-refractivity contribution in [3.63, 3.8) is 0 Å². The smallest absolute Gasteiger partial charge is 0.144 e. The molecule has 0 aliphatic rings. The predicted octanol–water partition coefficient (Wildman–Crippen LogP) is 2.63. The van der Waals surface area contributed by atoms with Gasteiger partial charge in [0, 0.05) is 17.1 Å². The number of hydrogen-bond acceptors (Lipinski definition) is 5. The zero-order valence-corrected chi connectivity index (χ0v) is 10.4. The monoisotopic (exact) mass is 259 g/mol. The second-order valence-electron chi connectivity index (χ2n) is 4.44. The van der Waals surface area contributed by atoms with E-state index in [1.165, 1.54) is 0 Å². The third-order valence-electron chi connectivity index (χ3n) is 3.24. The molecule has 0 aliphatic heterocycles. The van der Waals surface area contributed by atoms with Gasteiger partial charge >= 0.3 is 0 Å². The molecule has 0 unspecified atom stereocenters. The van der Waals surface area contributed by atoms with E-state index in [-0.39, 0.29) is 0 Å². The van der Waals surface area contributed by atoms with Crippen molar-refractivity contribution in [2.24, 2.45) is 0 Å². The molecule has 94 valence electrons. The summed E-state index contributed by atoms with van der Waals surface area (Å²) in [4.78, 5) is 0. The van der Waals surface area contributed by atoms with Crippen molar-refractivity contribution in [2.45, 2.75) is 0 Å². The molecule has 2 heterocycles. The minimum Gasteiger partial charge on any atom is -0.158 e. The molecule has 0 aliphatic carbocycles. The van der Waals surface area contributed by atoms with Gasteiger partial charge in [-0.25, -0.2) is 0 Å². The van der Waals surface area contributed by atoms with Crippen LogP contribution in [0.3, 0.4) is 0 Å². The van der Waals surface area contributed by atoms with Crippen LogP contribution in [0.15, 0.2) is 54.7 Å². The summed E-state index contributed by atoms with van der Waals surface area (Å²) in [7, 11) is 0. The highest BCUT2D eigenvalue weighted by molar-refractivity contribution is 6.07. The van der Waals surface area contributed by atoms with Crippen LogP contribution in [0.1, 0.15) is 0 Å². The van der Waals surface area contributed by atoms with Crippen molar-refractivity contribution in [2.75, 3.05) is 0 Å². The Hall–Kier alpha value is -2.95. The molecular formula is C15H9N5. The van der Waals surface area contributed by atoms with Crippen molar-refractivity contribution in [1.29, 1.82) is 0 Å². The van der Waals surface area contributed by atoms with Gasteiger partial charge in [-0.3, -0.25) is 0 Å². The Labute approximate surface area is 114 Å². The van der Waals surface area contributed by atoms with Crippen LogP contribution in [0, 0.1) is 0 Å². The second kappa shape index (κ2) is 4.31. The Morgan fingerprint density at radius 3 is 2.45 bits per heavy atom. The van der Waals surface area contributed by atoms with E-state index in [1.54, 1.807) is 6.20 Å². The molecule has 0 fully saturated rings. The summed E-state index contributed by atoms with van der Waals surface area (Å²) in [5.74, 6) is 0. The minimum atomic E-state index is 0.685. The van der Waals surface area contributed by atoms with Crippen LogP contribution in [0.4, 0.5) is 0 Å². The lowest BCUT2D eigenvalue weighted by atomic mass is 10.0. The van der Waals surface area contributed by atoms with Crippen molar-refractivity contribution in [3.8, 4) is 11.1 Å². The van der Waals surface area contributed by atoms with Crippen LogP contribution >= 0.6 is 0 Å². The number of benzene rings is 2. The number of hydrogen-bond donors (Lipinski definition) is 0. The lowest BCUT2D eigenvalue weighted by molar-refractivity contribution is 0.959. The van der Waals surface area contributed by atoms with Gasteiger partial charge in [-0.05, 0) is 22.9 Å². The molecule has 0 saturated carbocycles. The van der Waals surface area contributed by atoms with Crippen molar-refractivity contribution in [1.82, 2.24) is 25.6 Å². The highest BCUT2D eigenvalue weighted by atomic mass is 15.3. The summed E-state index contributed by atoms with van der Waals surface area (Å²) in [5.41, 5.74) is 4.25. The predicted molar refractivity (Wildman–Crippen MR) is 75.9 cm³/mol. The molecule has 0 amide bonds. The van der Waals surface area contributed by atoms with Gasteiger partial charge in [0.2, 0.25) is 0 Å². The summed E-state index contributed by atoms with van der Waals surface area (Å²) >= 11 is 0. The fourth-order valence-corrected chi connectivity index (χ4v) is 2.32. The van der Waals surface area contributed by atoms with E-state index >= 15 is 0 Å². The largest absolute Gasteiger partial charge is 0.158 e. The fourth-order valence-electron chi connectivity index (χ4n) is 2.32. The number of rotatable bonds is 1. The Balaban J connectivity index is 2.18. The van der Waals surface area contributed by atoms with E-state index in [2.05, 4.69) is 31.7 Å². The zero-order chi connectivity index (χ0) is 13.4. The molecule has 2 aromatic carbocycles. The first-order chi connectivity index (χ1) is 9.93. The molecule has 0 atom stereocenters. The molecule has 4 rings (SSSR count). The zero-order valence-electron chi connectivity index (χ0n) is 10.4. The maximum absolute atomic E-state index is 4.19. The van der Waals surface area contributed by atoms with E-state index in [0.717, 1.165) is 27.5 Å². The van der Waals surface area contributed by atoms with Gasteiger partial charge < -0.3 is 0 Å². The molecule has 2 aromatic heterocycles.